The van der Waals surface area contributed by atoms with Crippen molar-refractivity contribution < 1.29 is 14.6 Å². The molecule has 21 heavy (non-hydrogen) atoms. The summed E-state index contributed by atoms with van der Waals surface area (Å²) in [5, 5.41) is 13.4. The Morgan fingerprint density at radius 2 is 2.10 bits per heavy atom. The fourth-order valence-electron chi connectivity index (χ4n) is 2.18. The van der Waals surface area contributed by atoms with Gasteiger partial charge in [-0.25, -0.2) is 4.79 Å². The molecule has 2 aromatic rings. The predicted octanol–water partition coefficient (Wildman–Crippen LogP) is 3.26. The Bertz CT molecular complexity index is 640. The average molecular weight is 290 g/mol. The van der Waals surface area contributed by atoms with Gasteiger partial charge in [-0.3, -0.25) is 0 Å². The number of nitrogens with one attached hydrogen (secondary N) is 1. The van der Waals surface area contributed by atoms with Gasteiger partial charge in [0.05, 0.1) is 5.52 Å². The van der Waals surface area contributed by atoms with Crippen LogP contribution in [-0.2, 0) is 11.3 Å². The average Bonchev–Trinajstić information content (AvgIpc) is 2.69. The first kappa shape index (κ1) is 15.2. The van der Waals surface area contributed by atoms with E-state index in [0.717, 1.165) is 10.9 Å². The van der Waals surface area contributed by atoms with Crippen molar-refractivity contribution in [3.8, 4) is 5.75 Å². The molecule has 1 heterocycles. The first-order valence-electron chi connectivity index (χ1n) is 7.02. The fraction of sp³-hybridized carbons (Fsp3) is 0.438. The first-order chi connectivity index (χ1) is 9.74. The standard InChI is InChI=1S/C16H22N2O3/c1-11(17-15(20)21-16(2,3)4)10-18-8-7-12-5-6-13(19)9-14(12)18/h5-9,11,19H,10H2,1-4H3,(H,17,20)/t11-/m0/s1. The van der Waals surface area contributed by atoms with E-state index in [-0.39, 0.29) is 11.8 Å². The molecule has 5 heteroatoms. The van der Waals surface area contributed by atoms with Gasteiger partial charge >= 0.3 is 6.09 Å². The summed E-state index contributed by atoms with van der Waals surface area (Å²) in [5.74, 6) is 0.232. The van der Waals surface area contributed by atoms with Crippen LogP contribution in [0.4, 0.5) is 4.79 Å². The maximum atomic E-state index is 11.7. The number of carbonyl (C=O) groups excluding carboxylic acids is 1. The Labute approximate surface area is 124 Å². The van der Waals surface area contributed by atoms with E-state index >= 15 is 0 Å². The highest BCUT2D eigenvalue weighted by atomic mass is 16.6. The van der Waals surface area contributed by atoms with Crippen molar-refractivity contribution >= 4 is 17.0 Å². The van der Waals surface area contributed by atoms with Crippen LogP contribution in [0.5, 0.6) is 5.75 Å². The molecule has 0 aliphatic heterocycles. The van der Waals surface area contributed by atoms with Crippen molar-refractivity contribution in [3.63, 3.8) is 0 Å². The minimum absolute atomic E-state index is 0.0854. The highest BCUT2D eigenvalue weighted by Crippen LogP contribution is 2.21. The van der Waals surface area contributed by atoms with Crippen LogP contribution in [0.2, 0.25) is 0 Å². The maximum absolute atomic E-state index is 11.7. The number of phenols is 1. The molecular weight excluding hydrogens is 268 g/mol. The van der Waals surface area contributed by atoms with E-state index in [9.17, 15) is 9.90 Å². The number of ether oxygens (including phenoxy) is 1. The van der Waals surface area contributed by atoms with E-state index in [1.807, 2.05) is 50.6 Å². The highest BCUT2D eigenvalue weighted by Gasteiger charge is 2.18. The van der Waals surface area contributed by atoms with Gasteiger partial charge in [-0.05, 0) is 51.3 Å². The number of aromatic hydroxyl groups is 1. The van der Waals surface area contributed by atoms with Gasteiger partial charge in [-0.15, -0.1) is 0 Å². The number of fused-ring (bicyclic) bond motifs is 1. The molecule has 1 aromatic heterocycles. The topological polar surface area (TPSA) is 63.5 Å². The molecular formula is C16H22N2O3. The summed E-state index contributed by atoms with van der Waals surface area (Å²) in [5.41, 5.74) is 0.434. The van der Waals surface area contributed by atoms with Gasteiger partial charge in [-0.2, -0.15) is 0 Å². The van der Waals surface area contributed by atoms with Crippen LogP contribution in [-0.4, -0.2) is 27.4 Å². The second-order valence-corrected chi connectivity index (χ2v) is 6.26. The molecule has 0 fully saturated rings. The molecule has 0 radical (unpaired) electrons. The third-order valence-electron chi connectivity index (χ3n) is 2.99. The Kier molecular flexibility index (Phi) is 4.11. The van der Waals surface area contributed by atoms with Crippen molar-refractivity contribution in [1.29, 1.82) is 0 Å². The largest absolute Gasteiger partial charge is 0.508 e. The van der Waals surface area contributed by atoms with Crippen LogP contribution in [0.25, 0.3) is 10.9 Å². The monoisotopic (exact) mass is 290 g/mol. The molecule has 5 nitrogen and oxygen atoms in total. The van der Waals surface area contributed by atoms with Crippen LogP contribution in [0.15, 0.2) is 30.5 Å². The lowest BCUT2D eigenvalue weighted by Gasteiger charge is -2.22. The van der Waals surface area contributed by atoms with Gasteiger partial charge < -0.3 is 19.7 Å². The number of carbonyl (C=O) groups is 1. The number of benzene rings is 1. The van der Waals surface area contributed by atoms with E-state index < -0.39 is 11.7 Å². The second kappa shape index (κ2) is 5.68. The van der Waals surface area contributed by atoms with Crippen molar-refractivity contribution in [1.82, 2.24) is 9.88 Å². The fourth-order valence-corrected chi connectivity index (χ4v) is 2.18. The Morgan fingerprint density at radius 1 is 1.38 bits per heavy atom. The molecule has 0 aliphatic rings. The van der Waals surface area contributed by atoms with Gasteiger partial charge in [0.25, 0.3) is 0 Å². The van der Waals surface area contributed by atoms with Crippen LogP contribution in [0.1, 0.15) is 27.7 Å². The molecule has 114 valence electrons. The summed E-state index contributed by atoms with van der Waals surface area (Å²) in [6.07, 6.45) is 1.52. The van der Waals surface area contributed by atoms with Crippen LogP contribution >= 0.6 is 0 Å². The van der Waals surface area contributed by atoms with Crippen molar-refractivity contribution in [2.75, 3.05) is 0 Å². The normalized spacial score (nSPS) is 13.1. The van der Waals surface area contributed by atoms with E-state index in [0.29, 0.717) is 6.54 Å². The zero-order valence-corrected chi connectivity index (χ0v) is 12.9. The molecule has 0 spiro atoms. The molecule has 0 aliphatic carbocycles. The Hall–Kier alpha value is -2.17. The summed E-state index contributed by atoms with van der Waals surface area (Å²) >= 11 is 0. The van der Waals surface area contributed by atoms with Gasteiger partial charge in [0.15, 0.2) is 0 Å². The summed E-state index contributed by atoms with van der Waals surface area (Å²) in [7, 11) is 0. The number of nitrogens with zero attached hydrogens (tertiary/aromatic N) is 1. The third kappa shape index (κ3) is 4.15. The van der Waals surface area contributed by atoms with E-state index in [1.165, 1.54) is 0 Å². The highest BCUT2D eigenvalue weighted by molar-refractivity contribution is 5.81. The Morgan fingerprint density at radius 3 is 2.76 bits per heavy atom. The van der Waals surface area contributed by atoms with Crippen LogP contribution in [0.3, 0.4) is 0 Å². The molecule has 1 atom stereocenters. The summed E-state index contributed by atoms with van der Waals surface area (Å²) in [6.45, 7) is 8.02. The minimum Gasteiger partial charge on any atom is -0.508 e. The van der Waals surface area contributed by atoms with Crippen molar-refractivity contribution in [2.24, 2.45) is 0 Å². The number of amides is 1. The van der Waals surface area contributed by atoms with Gasteiger partial charge in [-0.1, -0.05) is 0 Å². The predicted molar refractivity (Wildman–Crippen MR) is 82.4 cm³/mol. The second-order valence-electron chi connectivity index (χ2n) is 6.26. The van der Waals surface area contributed by atoms with E-state index in [1.54, 1.807) is 12.1 Å². The number of aromatic nitrogens is 1. The molecule has 0 saturated heterocycles. The number of rotatable bonds is 3. The van der Waals surface area contributed by atoms with Crippen molar-refractivity contribution in [3.05, 3.63) is 30.5 Å². The van der Waals surface area contributed by atoms with Crippen LogP contribution < -0.4 is 5.32 Å². The molecule has 1 aromatic carbocycles. The first-order valence-corrected chi connectivity index (χ1v) is 7.02. The van der Waals surface area contributed by atoms with Crippen molar-refractivity contribution in [2.45, 2.75) is 45.9 Å². The lowest BCUT2D eigenvalue weighted by Crippen LogP contribution is -2.39. The quantitative estimate of drug-likeness (QED) is 0.912. The summed E-state index contributed by atoms with van der Waals surface area (Å²) < 4.78 is 7.23. The molecule has 0 bridgehead atoms. The number of hydrogen-bond donors (Lipinski definition) is 2. The Balaban J connectivity index is 2.03. The van der Waals surface area contributed by atoms with Gasteiger partial charge in [0.2, 0.25) is 0 Å². The molecule has 1 amide bonds. The third-order valence-corrected chi connectivity index (χ3v) is 2.99. The zero-order chi connectivity index (χ0) is 15.6. The van der Waals surface area contributed by atoms with Gasteiger partial charge in [0, 0.05) is 24.8 Å². The van der Waals surface area contributed by atoms with Gasteiger partial charge in [0.1, 0.15) is 11.4 Å². The minimum atomic E-state index is -0.504. The van der Waals surface area contributed by atoms with E-state index in [4.69, 9.17) is 4.74 Å². The lowest BCUT2D eigenvalue weighted by atomic mass is 10.2. The number of phenolic OH excluding ortho intramolecular Hbond substituents is 1. The summed E-state index contributed by atoms with van der Waals surface area (Å²) in [4.78, 5) is 11.7. The molecule has 2 N–H and O–H groups in total. The molecule has 0 unspecified atom stereocenters. The number of hydrogen-bond acceptors (Lipinski definition) is 3. The molecule has 2 rings (SSSR count). The SMILES string of the molecule is C[C@@H](Cn1ccc2ccc(O)cc21)NC(=O)OC(C)(C)C. The number of alkyl carbamates (subject to hydrolysis) is 1. The smallest absolute Gasteiger partial charge is 0.407 e. The summed E-state index contributed by atoms with van der Waals surface area (Å²) in [6, 6.07) is 7.14. The zero-order valence-electron chi connectivity index (χ0n) is 12.9. The maximum Gasteiger partial charge on any atom is 0.407 e. The molecule has 0 saturated carbocycles. The van der Waals surface area contributed by atoms with E-state index in [2.05, 4.69) is 5.32 Å². The van der Waals surface area contributed by atoms with Crippen LogP contribution in [0, 0.1) is 0 Å². The lowest BCUT2D eigenvalue weighted by molar-refractivity contribution is 0.0504.